The van der Waals surface area contributed by atoms with Crippen molar-refractivity contribution in [1.29, 1.82) is 0 Å². The van der Waals surface area contributed by atoms with Crippen LogP contribution in [0.15, 0.2) is 8.96 Å². The quantitative estimate of drug-likeness (QED) is 0.508. The molecule has 0 aromatic heterocycles. The van der Waals surface area contributed by atoms with Crippen LogP contribution < -0.4 is 0 Å². The Morgan fingerprint density at radius 2 is 1.90 bits per heavy atom. The molecule has 0 fully saturated rings. The van der Waals surface area contributed by atoms with Gasteiger partial charge in [-0.15, -0.1) is 0 Å². The Bertz CT molecular complexity index is 223. The average Bonchev–Trinajstić information content (AvgIpc) is 1.95. The summed E-state index contributed by atoms with van der Waals surface area (Å²) in [7, 11) is 0. The molecule has 10 heavy (non-hydrogen) atoms. The third-order valence-electron chi connectivity index (χ3n) is 0.848. The number of rotatable bonds is 0. The zero-order valence-corrected chi connectivity index (χ0v) is 9.01. The molecule has 0 saturated heterocycles. The fraction of sp³-hybridized carbons (Fsp3) is 0.250. The molecule has 0 aromatic rings. The first kappa shape index (κ1) is 8.84. The van der Waals surface area contributed by atoms with Crippen LogP contribution in [0.2, 0.25) is 0 Å². The van der Waals surface area contributed by atoms with E-state index >= 15 is 0 Å². The lowest BCUT2D eigenvalue weighted by atomic mass is 10.6. The molecule has 0 aromatic carbocycles. The van der Waals surface area contributed by atoms with Gasteiger partial charge in [0.2, 0.25) is 0 Å². The Labute approximate surface area is 83.8 Å². The highest BCUT2D eigenvalue weighted by Gasteiger charge is 2.43. The Hall–Kier alpha value is 0.750. The lowest BCUT2D eigenvalue weighted by molar-refractivity contribution is -0.137. The Kier molecular flexibility index (Phi) is 2.35. The predicted molar refractivity (Wildman–Crippen MR) is 45.4 cm³/mol. The fourth-order valence-corrected chi connectivity index (χ4v) is 1.58. The first-order valence-corrected chi connectivity index (χ1v) is 4.46. The molecule has 1 heterocycles. The zero-order valence-electron chi connectivity index (χ0n) is 4.33. The summed E-state index contributed by atoms with van der Waals surface area (Å²) < 4.78 is 3.46. The highest BCUT2D eigenvalue weighted by Crippen LogP contribution is 2.45. The van der Waals surface area contributed by atoms with E-state index in [1.165, 1.54) is 0 Å². The van der Waals surface area contributed by atoms with Gasteiger partial charge in [0, 0.05) is 0 Å². The Balaban J connectivity index is 3.06. The zero-order chi connectivity index (χ0) is 7.94. The largest absolute Gasteiger partial charge is 0.420 e. The van der Waals surface area contributed by atoms with E-state index in [-0.39, 0.29) is 4.48 Å². The summed E-state index contributed by atoms with van der Waals surface area (Å²) in [4.78, 5) is 10.7. The van der Waals surface area contributed by atoms with E-state index in [2.05, 4.69) is 36.6 Å². The van der Waals surface area contributed by atoms with Gasteiger partial charge in [0.05, 0.1) is 4.48 Å². The summed E-state index contributed by atoms with van der Waals surface area (Å²) in [6.07, 6.45) is 0. The van der Waals surface area contributed by atoms with E-state index in [9.17, 15) is 4.79 Å². The Morgan fingerprint density at radius 3 is 2.00 bits per heavy atom. The third kappa shape index (κ3) is 1.35. The second-order valence-electron chi connectivity index (χ2n) is 1.53. The van der Waals surface area contributed by atoms with Gasteiger partial charge >= 0.3 is 5.97 Å². The van der Waals surface area contributed by atoms with Crippen LogP contribution in [0.4, 0.5) is 0 Å². The molecule has 1 aliphatic heterocycles. The molecule has 6 heteroatoms. The van der Waals surface area contributed by atoms with Gasteiger partial charge in [-0.25, -0.2) is 4.79 Å². The minimum Gasteiger partial charge on any atom is -0.420 e. The maximum Gasteiger partial charge on any atom is 0.349 e. The van der Waals surface area contributed by atoms with Crippen molar-refractivity contribution in [1.82, 2.24) is 0 Å². The summed E-state index contributed by atoms with van der Waals surface area (Å²) in [5.74, 6) is -0.572. The van der Waals surface area contributed by atoms with Gasteiger partial charge in [-0.05, 0) is 31.9 Å². The van der Waals surface area contributed by atoms with Crippen LogP contribution >= 0.6 is 55.1 Å². The first-order chi connectivity index (χ1) is 4.45. The molecule has 1 rings (SSSR count). The second kappa shape index (κ2) is 2.66. The van der Waals surface area contributed by atoms with E-state index in [1.807, 2.05) is 0 Å². The minimum atomic E-state index is -1.56. The molecule has 1 aliphatic rings. The van der Waals surface area contributed by atoms with Crippen LogP contribution in [-0.2, 0) is 9.53 Å². The van der Waals surface area contributed by atoms with Gasteiger partial charge < -0.3 is 4.74 Å². The topological polar surface area (TPSA) is 26.3 Å². The SMILES string of the molecule is O=C1OC(Cl)(Cl)C(Br)=C1Br. The van der Waals surface area contributed by atoms with Crippen molar-refractivity contribution in [2.75, 3.05) is 0 Å². The van der Waals surface area contributed by atoms with Gasteiger partial charge in [-0.2, -0.15) is 0 Å². The van der Waals surface area contributed by atoms with Crippen molar-refractivity contribution in [2.45, 2.75) is 4.52 Å². The minimum absolute atomic E-state index is 0.220. The van der Waals surface area contributed by atoms with Crippen LogP contribution in [0.1, 0.15) is 0 Å². The normalized spacial score (nSPS) is 23.4. The molecule has 2 nitrogen and oxygen atoms in total. The van der Waals surface area contributed by atoms with Crippen molar-refractivity contribution in [3.05, 3.63) is 8.96 Å². The second-order valence-corrected chi connectivity index (χ2v) is 4.38. The number of carbonyl (C=O) groups is 1. The number of ether oxygens (including phenoxy) is 1. The summed E-state index contributed by atoms with van der Waals surface area (Å²) in [5.41, 5.74) is 0. The number of carbonyl (C=O) groups excluding carboxylic acids is 1. The molecule has 0 spiro atoms. The van der Waals surface area contributed by atoms with E-state index < -0.39 is 10.5 Å². The van der Waals surface area contributed by atoms with E-state index in [0.717, 1.165) is 0 Å². The average molecular weight is 311 g/mol. The molecule has 0 atom stereocenters. The maximum atomic E-state index is 10.7. The summed E-state index contributed by atoms with van der Waals surface area (Å²) >= 11 is 16.9. The van der Waals surface area contributed by atoms with Crippen molar-refractivity contribution in [3.63, 3.8) is 0 Å². The number of esters is 1. The van der Waals surface area contributed by atoms with Crippen molar-refractivity contribution in [2.24, 2.45) is 0 Å². The smallest absolute Gasteiger partial charge is 0.349 e. The first-order valence-electron chi connectivity index (χ1n) is 2.12. The fourth-order valence-electron chi connectivity index (χ4n) is 0.423. The number of hydrogen-bond acceptors (Lipinski definition) is 2. The molecular weight excluding hydrogens is 311 g/mol. The van der Waals surface area contributed by atoms with Crippen molar-refractivity contribution < 1.29 is 9.53 Å². The summed E-state index contributed by atoms with van der Waals surface area (Å²) in [6.45, 7) is 0. The van der Waals surface area contributed by atoms with Crippen LogP contribution in [0.5, 0.6) is 0 Å². The van der Waals surface area contributed by atoms with Crippen LogP contribution in [0.25, 0.3) is 0 Å². The van der Waals surface area contributed by atoms with Gasteiger partial charge in [0.25, 0.3) is 4.52 Å². The molecule has 0 radical (unpaired) electrons. The highest BCUT2D eigenvalue weighted by molar-refractivity contribution is 9.14. The molecule has 56 valence electrons. The lowest BCUT2D eigenvalue weighted by Crippen LogP contribution is -2.13. The van der Waals surface area contributed by atoms with Crippen LogP contribution in [-0.4, -0.2) is 10.5 Å². The van der Waals surface area contributed by atoms with Gasteiger partial charge in [0.1, 0.15) is 4.48 Å². The van der Waals surface area contributed by atoms with Crippen LogP contribution in [0.3, 0.4) is 0 Å². The molecule has 0 aliphatic carbocycles. The van der Waals surface area contributed by atoms with E-state index in [4.69, 9.17) is 23.2 Å². The molecule has 0 unspecified atom stereocenters. The monoisotopic (exact) mass is 308 g/mol. The standard InChI is InChI=1S/C4Br2Cl2O2/c5-1-2(6)4(7,8)10-3(1)9. The number of halogens is 4. The lowest BCUT2D eigenvalue weighted by Gasteiger charge is -2.09. The summed E-state index contributed by atoms with van der Waals surface area (Å²) in [6, 6.07) is 0. The van der Waals surface area contributed by atoms with Gasteiger partial charge in [-0.1, -0.05) is 23.2 Å². The van der Waals surface area contributed by atoms with Gasteiger partial charge in [-0.3, -0.25) is 0 Å². The third-order valence-corrected chi connectivity index (χ3v) is 4.04. The number of alkyl halides is 2. The Morgan fingerprint density at radius 1 is 1.40 bits per heavy atom. The van der Waals surface area contributed by atoms with Crippen molar-refractivity contribution >= 4 is 61.0 Å². The molecule has 0 amide bonds. The molecule has 0 bridgehead atoms. The molecular formula is C4Br2Cl2O2. The predicted octanol–water partition coefficient (Wildman–Crippen LogP) is 2.68. The van der Waals surface area contributed by atoms with E-state index in [0.29, 0.717) is 4.48 Å². The van der Waals surface area contributed by atoms with Crippen molar-refractivity contribution in [3.8, 4) is 0 Å². The summed E-state index contributed by atoms with van der Waals surface area (Å²) in [5, 5.41) is 0. The molecule has 0 saturated carbocycles. The van der Waals surface area contributed by atoms with Gasteiger partial charge in [0.15, 0.2) is 0 Å². The highest BCUT2D eigenvalue weighted by atomic mass is 79.9. The number of hydrogen-bond donors (Lipinski definition) is 0. The molecule has 0 N–H and O–H groups in total. The van der Waals surface area contributed by atoms with E-state index in [1.54, 1.807) is 0 Å². The number of cyclic esters (lactones) is 1. The maximum absolute atomic E-state index is 10.7. The van der Waals surface area contributed by atoms with Crippen LogP contribution in [0, 0.1) is 0 Å².